The summed E-state index contributed by atoms with van der Waals surface area (Å²) in [6.45, 7) is 3.86. The summed E-state index contributed by atoms with van der Waals surface area (Å²) in [6.07, 6.45) is 3.02. The number of piperidine rings is 1. The second-order valence-corrected chi connectivity index (χ2v) is 6.32. The number of aliphatic hydroxyl groups is 1. The van der Waals surface area contributed by atoms with Crippen LogP contribution in [-0.4, -0.2) is 36.4 Å². The predicted octanol–water partition coefficient (Wildman–Crippen LogP) is 3.40. The second-order valence-electron chi connectivity index (χ2n) is 5.91. The smallest absolute Gasteiger partial charge is 0.308 e. The fourth-order valence-electron chi connectivity index (χ4n) is 2.70. The van der Waals surface area contributed by atoms with Gasteiger partial charge >= 0.3 is 5.97 Å². The molecule has 1 aliphatic rings. The van der Waals surface area contributed by atoms with E-state index in [9.17, 15) is 9.90 Å². The molecule has 122 valence electrons. The van der Waals surface area contributed by atoms with Crippen molar-refractivity contribution in [2.24, 2.45) is 0 Å². The molecular formula is C17H24ClNO3. The van der Waals surface area contributed by atoms with Gasteiger partial charge in [-0.1, -0.05) is 37.1 Å². The van der Waals surface area contributed by atoms with Gasteiger partial charge in [0.25, 0.3) is 0 Å². The Morgan fingerprint density at radius 1 is 1.36 bits per heavy atom. The molecule has 0 bridgehead atoms. The largest absolute Gasteiger partial charge is 0.466 e. The van der Waals surface area contributed by atoms with E-state index in [1.54, 1.807) is 0 Å². The first-order valence-electron chi connectivity index (χ1n) is 7.91. The molecule has 0 atom stereocenters. The van der Waals surface area contributed by atoms with Crippen molar-refractivity contribution in [3.05, 3.63) is 29.3 Å². The third kappa shape index (κ3) is 4.62. The molecule has 0 amide bonds. The van der Waals surface area contributed by atoms with Gasteiger partial charge in [-0.25, -0.2) is 0 Å². The summed E-state index contributed by atoms with van der Waals surface area (Å²) in [5.74, 6) is -0.304. The summed E-state index contributed by atoms with van der Waals surface area (Å²) in [5.41, 5.74) is 0.0258. The van der Waals surface area contributed by atoms with Crippen LogP contribution in [0.4, 0.5) is 5.69 Å². The Morgan fingerprint density at radius 2 is 2.05 bits per heavy atom. The van der Waals surface area contributed by atoms with Crippen molar-refractivity contribution in [2.75, 3.05) is 24.6 Å². The Hall–Kier alpha value is -1.26. The monoisotopic (exact) mass is 325 g/mol. The van der Waals surface area contributed by atoms with Crippen molar-refractivity contribution in [3.8, 4) is 0 Å². The Labute approximate surface area is 137 Å². The molecule has 4 nitrogen and oxygen atoms in total. The zero-order valence-corrected chi connectivity index (χ0v) is 13.8. The summed E-state index contributed by atoms with van der Waals surface area (Å²) in [7, 11) is 0. The summed E-state index contributed by atoms with van der Waals surface area (Å²) >= 11 is 6.21. The van der Waals surface area contributed by atoms with Gasteiger partial charge in [0.1, 0.15) is 0 Å². The number of benzene rings is 1. The number of halogens is 1. The van der Waals surface area contributed by atoms with E-state index in [1.165, 1.54) is 0 Å². The molecule has 22 heavy (non-hydrogen) atoms. The van der Waals surface area contributed by atoms with E-state index in [1.807, 2.05) is 31.2 Å². The maximum Gasteiger partial charge on any atom is 0.308 e. The second kappa shape index (κ2) is 7.84. The molecule has 1 saturated heterocycles. The number of hydrogen-bond acceptors (Lipinski definition) is 4. The molecule has 1 N–H and O–H groups in total. The van der Waals surface area contributed by atoms with Gasteiger partial charge in [-0.2, -0.15) is 0 Å². The number of rotatable bonds is 6. The number of hydrogen-bond donors (Lipinski definition) is 1. The molecule has 2 rings (SSSR count). The molecule has 1 fully saturated rings. The highest BCUT2D eigenvalue weighted by molar-refractivity contribution is 6.33. The quantitative estimate of drug-likeness (QED) is 0.643. The lowest BCUT2D eigenvalue weighted by atomic mass is 9.88. The molecule has 0 aromatic heterocycles. The van der Waals surface area contributed by atoms with Gasteiger partial charge in [-0.15, -0.1) is 0 Å². The topological polar surface area (TPSA) is 49.8 Å². The highest BCUT2D eigenvalue weighted by Crippen LogP contribution is 2.32. The number of anilines is 1. The fourth-order valence-corrected chi connectivity index (χ4v) is 2.95. The SMILES string of the molecule is CCCCOC(=O)CC1(O)CCN(c2ccccc2Cl)CC1. The highest BCUT2D eigenvalue weighted by Gasteiger charge is 2.35. The number of ether oxygens (including phenoxy) is 1. The standard InChI is InChI=1S/C17H24ClNO3/c1-2-3-12-22-16(20)13-17(21)8-10-19(11-9-17)15-7-5-4-6-14(15)18/h4-7,21H,2-3,8-13H2,1H3. The van der Waals surface area contributed by atoms with E-state index in [4.69, 9.17) is 16.3 Å². The predicted molar refractivity (Wildman–Crippen MR) is 88.3 cm³/mol. The van der Waals surface area contributed by atoms with Crippen LogP contribution in [0, 0.1) is 0 Å². The fraction of sp³-hybridized carbons (Fsp3) is 0.588. The van der Waals surface area contributed by atoms with Crippen LogP contribution in [0.25, 0.3) is 0 Å². The van der Waals surface area contributed by atoms with E-state index in [-0.39, 0.29) is 12.4 Å². The van der Waals surface area contributed by atoms with Crippen molar-refractivity contribution in [3.63, 3.8) is 0 Å². The summed E-state index contributed by atoms with van der Waals surface area (Å²) < 4.78 is 5.15. The first-order valence-corrected chi connectivity index (χ1v) is 8.29. The average Bonchev–Trinajstić information content (AvgIpc) is 2.49. The zero-order valence-electron chi connectivity index (χ0n) is 13.1. The van der Waals surface area contributed by atoms with Gasteiger partial charge in [-0.3, -0.25) is 4.79 Å². The number of carbonyl (C=O) groups is 1. The number of nitrogens with zero attached hydrogens (tertiary/aromatic N) is 1. The maximum atomic E-state index is 11.8. The Balaban J connectivity index is 1.85. The van der Waals surface area contributed by atoms with Crippen molar-refractivity contribution in [1.82, 2.24) is 0 Å². The molecule has 0 radical (unpaired) electrons. The lowest BCUT2D eigenvalue weighted by Crippen LogP contribution is -2.46. The lowest BCUT2D eigenvalue weighted by Gasteiger charge is -2.39. The molecular weight excluding hydrogens is 302 g/mol. The van der Waals surface area contributed by atoms with Crippen LogP contribution in [-0.2, 0) is 9.53 Å². The normalized spacial score (nSPS) is 17.3. The Bertz CT molecular complexity index is 498. The Kier molecular flexibility index (Phi) is 6.09. The minimum atomic E-state index is -0.957. The van der Waals surface area contributed by atoms with Gasteiger partial charge in [-0.05, 0) is 31.4 Å². The summed E-state index contributed by atoms with van der Waals surface area (Å²) in [4.78, 5) is 13.9. The maximum absolute atomic E-state index is 11.8. The number of carbonyl (C=O) groups excluding carboxylic acids is 1. The van der Waals surface area contributed by atoms with Gasteiger partial charge in [0.2, 0.25) is 0 Å². The third-order valence-corrected chi connectivity index (χ3v) is 4.44. The van der Waals surface area contributed by atoms with Gasteiger partial charge in [0.05, 0.1) is 29.3 Å². The van der Waals surface area contributed by atoms with E-state index in [2.05, 4.69) is 4.90 Å². The average molecular weight is 326 g/mol. The molecule has 1 heterocycles. The summed E-state index contributed by atoms with van der Waals surface area (Å²) in [6, 6.07) is 7.69. The molecule has 5 heteroatoms. The van der Waals surface area contributed by atoms with Crippen molar-refractivity contribution in [1.29, 1.82) is 0 Å². The number of esters is 1. The van der Waals surface area contributed by atoms with Crippen LogP contribution >= 0.6 is 11.6 Å². The molecule has 1 aromatic rings. The molecule has 0 unspecified atom stereocenters. The molecule has 0 spiro atoms. The van der Waals surface area contributed by atoms with E-state index in [0.29, 0.717) is 37.6 Å². The van der Waals surface area contributed by atoms with Gasteiger partial charge < -0.3 is 14.7 Å². The van der Waals surface area contributed by atoms with Crippen LogP contribution in [0.2, 0.25) is 5.02 Å². The van der Waals surface area contributed by atoms with Crippen molar-refractivity contribution >= 4 is 23.3 Å². The van der Waals surface area contributed by atoms with Crippen LogP contribution in [0.1, 0.15) is 39.0 Å². The molecule has 0 saturated carbocycles. The van der Waals surface area contributed by atoms with Gasteiger partial charge in [0, 0.05) is 13.1 Å². The first kappa shape index (κ1) is 17.1. The van der Waals surface area contributed by atoms with Crippen molar-refractivity contribution < 1.29 is 14.6 Å². The van der Waals surface area contributed by atoms with Crippen molar-refractivity contribution in [2.45, 2.75) is 44.6 Å². The van der Waals surface area contributed by atoms with Gasteiger partial charge in [0.15, 0.2) is 0 Å². The minimum Gasteiger partial charge on any atom is -0.466 e. The van der Waals surface area contributed by atoms with E-state index >= 15 is 0 Å². The van der Waals surface area contributed by atoms with E-state index < -0.39 is 5.60 Å². The van der Waals surface area contributed by atoms with Crippen LogP contribution in [0.15, 0.2) is 24.3 Å². The Morgan fingerprint density at radius 3 is 2.68 bits per heavy atom. The molecule has 1 aliphatic heterocycles. The highest BCUT2D eigenvalue weighted by atomic mass is 35.5. The van der Waals surface area contributed by atoms with E-state index in [0.717, 1.165) is 18.5 Å². The number of unbranched alkanes of at least 4 members (excludes halogenated alkanes) is 1. The first-order chi connectivity index (χ1) is 10.5. The zero-order chi connectivity index (χ0) is 16.0. The van der Waals surface area contributed by atoms with Crippen LogP contribution in [0.3, 0.4) is 0 Å². The summed E-state index contributed by atoms with van der Waals surface area (Å²) in [5, 5.41) is 11.3. The molecule has 0 aliphatic carbocycles. The third-order valence-electron chi connectivity index (χ3n) is 4.12. The molecule has 1 aromatic carbocycles. The van der Waals surface area contributed by atoms with Crippen LogP contribution in [0.5, 0.6) is 0 Å². The minimum absolute atomic E-state index is 0.0765. The number of para-hydroxylation sites is 1. The lowest BCUT2D eigenvalue weighted by molar-refractivity contribution is -0.150. The van der Waals surface area contributed by atoms with Crippen LogP contribution < -0.4 is 4.90 Å².